The normalized spacial score (nSPS) is 15.4. The number of rotatable bonds is 10. The van der Waals surface area contributed by atoms with Crippen LogP contribution in [0.15, 0.2) is 85.2 Å². The van der Waals surface area contributed by atoms with E-state index in [0.717, 1.165) is 17.7 Å². The Balaban J connectivity index is 1.55. The maximum Gasteiger partial charge on any atom is 0.416 e. The number of nitrogens with zero attached hydrogens (tertiary/aromatic N) is 6. The molecular formula is C38H33F3N6O4. The van der Waals surface area contributed by atoms with Gasteiger partial charge in [0.15, 0.2) is 0 Å². The number of alkyl halides is 3. The number of hydrogen-bond acceptors (Lipinski definition) is 9. The molecule has 51 heavy (non-hydrogen) atoms. The predicted molar refractivity (Wildman–Crippen MR) is 182 cm³/mol. The number of ether oxygens (including phenoxy) is 2. The zero-order chi connectivity index (χ0) is 36.5. The largest absolute Gasteiger partial charge is 0.458 e. The van der Waals surface area contributed by atoms with E-state index in [1.807, 2.05) is 49.4 Å². The highest BCUT2D eigenvalue weighted by Gasteiger charge is 2.41. The number of carbonyl (C=O) groups excluding carboxylic acids is 2. The molecule has 2 atom stereocenters. The SMILES string of the molecule is CCOC(=O)N1c2ccc(C(F)(F)F)cc2[C@@H](N(Cc2cc(C#N)cc(C#N)c2)c2ncc(C=CC(=O)OCc3ccccc3)cn2)C[C@H]1CC. The minimum Gasteiger partial charge on any atom is -0.458 e. The van der Waals surface area contributed by atoms with Crippen LogP contribution in [0.1, 0.15) is 71.7 Å². The molecule has 2 heterocycles. The third-order valence-corrected chi connectivity index (χ3v) is 8.30. The summed E-state index contributed by atoms with van der Waals surface area (Å²) in [5.74, 6) is -0.446. The fourth-order valence-electron chi connectivity index (χ4n) is 5.92. The van der Waals surface area contributed by atoms with Gasteiger partial charge in [-0.3, -0.25) is 4.90 Å². The third kappa shape index (κ3) is 8.69. The maximum absolute atomic E-state index is 14.1. The average Bonchev–Trinajstić information content (AvgIpc) is 3.14. The Labute approximate surface area is 293 Å². The van der Waals surface area contributed by atoms with Gasteiger partial charge in [-0.2, -0.15) is 23.7 Å². The van der Waals surface area contributed by atoms with Gasteiger partial charge in [-0.05, 0) is 78.9 Å². The van der Waals surface area contributed by atoms with Gasteiger partial charge in [-0.15, -0.1) is 0 Å². The quantitative estimate of drug-likeness (QED) is 0.120. The molecule has 1 aromatic heterocycles. The lowest BCUT2D eigenvalue weighted by Crippen LogP contribution is -2.48. The summed E-state index contributed by atoms with van der Waals surface area (Å²) in [7, 11) is 0. The van der Waals surface area contributed by atoms with Crippen LogP contribution in [-0.4, -0.2) is 34.7 Å². The first-order chi connectivity index (χ1) is 24.5. The molecule has 1 aliphatic heterocycles. The van der Waals surface area contributed by atoms with Crippen LogP contribution in [0, 0.1) is 22.7 Å². The van der Waals surface area contributed by atoms with Crippen molar-refractivity contribution in [3.8, 4) is 12.1 Å². The van der Waals surface area contributed by atoms with Gasteiger partial charge in [-0.25, -0.2) is 19.6 Å². The molecule has 4 aromatic rings. The highest BCUT2D eigenvalue weighted by molar-refractivity contribution is 5.90. The van der Waals surface area contributed by atoms with Crippen molar-refractivity contribution in [3.05, 3.63) is 124 Å². The molecule has 10 nitrogen and oxygen atoms in total. The van der Waals surface area contributed by atoms with Gasteiger partial charge in [0.25, 0.3) is 0 Å². The van der Waals surface area contributed by atoms with Gasteiger partial charge in [-0.1, -0.05) is 37.3 Å². The number of nitriles is 2. The number of benzene rings is 3. The maximum atomic E-state index is 14.1. The Kier molecular flexibility index (Phi) is 11.3. The van der Waals surface area contributed by atoms with Crippen molar-refractivity contribution >= 4 is 29.8 Å². The number of aromatic nitrogens is 2. The molecule has 5 rings (SSSR count). The molecule has 0 radical (unpaired) electrons. The van der Waals surface area contributed by atoms with E-state index in [1.54, 1.807) is 24.0 Å². The second kappa shape index (κ2) is 16.0. The summed E-state index contributed by atoms with van der Waals surface area (Å²) in [5.41, 5.74) is 1.83. The van der Waals surface area contributed by atoms with Crippen molar-refractivity contribution < 1.29 is 32.2 Å². The van der Waals surface area contributed by atoms with Gasteiger partial charge in [0, 0.05) is 36.6 Å². The van der Waals surface area contributed by atoms with Crippen molar-refractivity contribution in [1.29, 1.82) is 10.5 Å². The molecule has 0 fully saturated rings. The Morgan fingerprint density at radius 3 is 2.25 bits per heavy atom. The molecule has 3 aromatic carbocycles. The van der Waals surface area contributed by atoms with Gasteiger partial charge in [0.1, 0.15) is 6.61 Å². The zero-order valence-electron chi connectivity index (χ0n) is 27.8. The van der Waals surface area contributed by atoms with E-state index >= 15 is 0 Å². The highest BCUT2D eigenvalue weighted by atomic mass is 19.4. The van der Waals surface area contributed by atoms with Crippen molar-refractivity contribution in [3.63, 3.8) is 0 Å². The molecule has 0 saturated carbocycles. The second-order valence-corrected chi connectivity index (χ2v) is 11.7. The predicted octanol–water partition coefficient (Wildman–Crippen LogP) is 7.89. The Morgan fingerprint density at radius 2 is 1.65 bits per heavy atom. The van der Waals surface area contributed by atoms with E-state index in [-0.39, 0.29) is 54.5 Å². The Bertz CT molecular complexity index is 1960. The molecule has 0 unspecified atom stereocenters. The molecule has 13 heteroatoms. The van der Waals surface area contributed by atoms with E-state index < -0.39 is 35.9 Å². The standard InChI is InChI=1S/C38H33F3N6O4/c1-3-31-18-34(32-17-30(38(39,40)41)11-12-33(32)47(31)37(49)50-4-2)46(23-29-15-27(19-42)14-28(16-29)20-43)36-44-21-26(22-45-36)10-13-35(48)51-24-25-8-6-5-7-9-25/h5-17,21-22,31,34H,3-4,18,23-24H2,1-2H3/t31-,34+/m1/s1. The van der Waals surface area contributed by atoms with E-state index in [4.69, 9.17) is 9.47 Å². The monoisotopic (exact) mass is 694 g/mol. The number of anilines is 2. The number of carbonyl (C=O) groups is 2. The summed E-state index contributed by atoms with van der Waals surface area (Å²) in [4.78, 5) is 37.7. The van der Waals surface area contributed by atoms with E-state index in [9.17, 15) is 33.3 Å². The number of hydrogen-bond donors (Lipinski definition) is 0. The van der Waals surface area contributed by atoms with Gasteiger partial charge in [0.2, 0.25) is 5.95 Å². The zero-order valence-corrected chi connectivity index (χ0v) is 27.8. The summed E-state index contributed by atoms with van der Waals surface area (Å²) in [6.45, 7) is 3.69. The fraction of sp³-hybridized carbons (Fsp3) is 0.263. The van der Waals surface area contributed by atoms with Crippen LogP contribution in [0.3, 0.4) is 0 Å². The first-order valence-corrected chi connectivity index (χ1v) is 16.1. The fourth-order valence-corrected chi connectivity index (χ4v) is 5.92. The lowest BCUT2D eigenvalue weighted by atomic mass is 9.87. The molecule has 1 aliphatic rings. The number of halogens is 3. The average molecular weight is 695 g/mol. The van der Waals surface area contributed by atoms with E-state index in [2.05, 4.69) is 9.97 Å². The van der Waals surface area contributed by atoms with Gasteiger partial charge in [0.05, 0.1) is 47.2 Å². The first kappa shape index (κ1) is 36.1. The van der Waals surface area contributed by atoms with E-state index in [1.165, 1.54) is 41.6 Å². The number of esters is 1. The topological polar surface area (TPSA) is 132 Å². The van der Waals surface area contributed by atoms with Gasteiger partial charge >= 0.3 is 18.2 Å². The second-order valence-electron chi connectivity index (χ2n) is 11.7. The lowest BCUT2D eigenvalue weighted by Gasteiger charge is -2.44. The first-order valence-electron chi connectivity index (χ1n) is 16.1. The van der Waals surface area contributed by atoms with Gasteiger partial charge < -0.3 is 14.4 Å². The molecule has 0 spiro atoms. The number of amides is 1. The molecule has 0 bridgehead atoms. The smallest absolute Gasteiger partial charge is 0.416 e. The minimum absolute atomic E-state index is 0.00138. The van der Waals surface area contributed by atoms with Crippen LogP contribution in [-0.2, 0) is 33.6 Å². The molecule has 260 valence electrons. The summed E-state index contributed by atoms with van der Waals surface area (Å²) in [5, 5.41) is 19.3. The van der Waals surface area contributed by atoms with Crippen LogP contribution in [0.25, 0.3) is 6.08 Å². The number of fused-ring (bicyclic) bond motifs is 1. The third-order valence-electron chi connectivity index (χ3n) is 8.30. The summed E-state index contributed by atoms with van der Waals surface area (Å²) in [6.07, 6.45) is 0.930. The van der Waals surface area contributed by atoms with Crippen molar-refractivity contribution in [2.45, 2.75) is 58.1 Å². The molecular weight excluding hydrogens is 661 g/mol. The summed E-state index contributed by atoms with van der Waals surface area (Å²) in [6, 6.07) is 19.9. The van der Waals surface area contributed by atoms with Crippen molar-refractivity contribution in [1.82, 2.24) is 9.97 Å². The van der Waals surface area contributed by atoms with Crippen LogP contribution >= 0.6 is 0 Å². The van der Waals surface area contributed by atoms with Crippen LogP contribution < -0.4 is 9.80 Å². The van der Waals surface area contributed by atoms with Crippen LogP contribution in [0.2, 0.25) is 0 Å². The van der Waals surface area contributed by atoms with Crippen LogP contribution in [0.5, 0.6) is 0 Å². The molecule has 0 N–H and O–H groups in total. The lowest BCUT2D eigenvalue weighted by molar-refractivity contribution is -0.139. The van der Waals surface area contributed by atoms with Crippen LogP contribution in [0.4, 0.5) is 29.6 Å². The molecule has 0 aliphatic carbocycles. The summed E-state index contributed by atoms with van der Waals surface area (Å²) >= 11 is 0. The highest BCUT2D eigenvalue weighted by Crippen LogP contribution is 2.45. The Morgan fingerprint density at radius 1 is 0.961 bits per heavy atom. The molecule has 0 saturated heterocycles. The summed E-state index contributed by atoms with van der Waals surface area (Å²) < 4.78 is 52.9. The van der Waals surface area contributed by atoms with E-state index in [0.29, 0.717) is 17.5 Å². The van der Waals surface area contributed by atoms with Crippen molar-refractivity contribution in [2.24, 2.45) is 0 Å². The minimum atomic E-state index is -4.67. The Hall–Kier alpha value is -6.21. The molecule has 1 amide bonds. The van der Waals surface area contributed by atoms with Crippen molar-refractivity contribution in [2.75, 3.05) is 16.4 Å².